The van der Waals surface area contributed by atoms with E-state index in [1.54, 1.807) is 38.6 Å². The zero-order chi connectivity index (χ0) is 83.9. The fraction of sp³-hybridized carbons (Fsp3) is 0.451. The molecule has 29 heteroatoms. The molecule has 4 fully saturated rings. The minimum Gasteiger partial charge on any atom is -0.487 e. The molecule has 0 bridgehead atoms. The summed E-state index contributed by atoms with van der Waals surface area (Å²) in [4.78, 5) is 26.6. The van der Waals surface area contributed by atoms with Gasteiger partial charge in [-0.25, -0.2) is 29.3 Å². The second kappa shape index (κ2) is 34.3. The molecular formula is C91H104BrClFN13O13. The van der Waals surface area contributed by atoms with Crippen molar-refractivity contribution in [2.45, 2.75) is 242 Å². The van der Waals surface area contributed by atoms with E-state index in [1.807, 2.05) is 138 Å². The molecule has 20 rings (SSSR count). The van der Waals surface area contributed by atoms with Crippen molar-refractivity contribution in [3.8, 4) is 23.0 Å². The Morgan fingerprint density at radius 3 is 1.29 bits per heavy atom. The van der Waals surface area contributed by atoms with Crippen LogP contribution in [0.1, 0.15) is 155 Å². The van der Waals surface area contributed by atoms with Crippen molar-refractivity contribution in [2.24, 2.45) is 0 Å². The van der Waals surface area contributed by atoms with Crippen LogP contribution in [0.2, 0.25) is 5.02 Å². The van der Waals surface area contributed by atoms with Gasteiger partial charge in [0.1, 0.15) is 131 Å². The average Bonchev–Trinajstić information content (AvgIpc) is 1.60. The van der Waals surface area contributed by atoms with Crippen LogP contribution in [0.3, 0.4) is 0 Å². The van der Waals surface area contributed by atoms with Gasteiger partial charge in [-0.15, -0.1) is 0 Å². The van der Waals surface area contributed by atoms with Crippen molar-refractivity contribution < 1.29 is 69.3 Å². The summed E-state index contributed by atoms with van der Waals surface area (Å²) < 4.78 is 48.2. The number of aromatic nitrogens is 10. The van der Waals surface area contributed by atoms with Gasteiger partial charge in [0.25, 0.3) is 0 Å². The van der Waals surface area contributed by atoms with Crippen LogP contribution in [0.5, 0.6) is 23.0 Å². The standard InChI is InChI=1S/C25H31N3O4.C22H24BrN3O3.C22H23ClFN3O3.C22H26N4O3/c1-14-4-8-27-24-17(14)6-9-28(24)19-12-21(23(30)22(19)29)32-20-11-16(25(2,3)31)10-15-5-7-26-13-18(15)20;1-12-2-6-25-22-15(12)4-7-26(22)17-10-19(21(28)20(17)27)29-18-9-14(23)8-13-3-5-24-11-16(13)18;1-11-2-6-26-22-12(11)4-7-27(22)16-9-18(21(29)20(16)28)30-17-8-15(23)19(24)13-3-5-25-10-14(13)17;1-12-14-5-3-4-6-16(14)19(10-23-12)29-18-9-17(20(27)21(18)28)26-8-7-15-13(2)24-11-25-22(15)26/h4,6,8-11,19,21-23,26,29-31H,5,7,12-13H2,1-3H3;2,4,6-9,17,19-21,24,27-28H,3,5,10-11H2,1H3;2,4,6-8,16,18,20-21,25,28-29H,3,5,9-10H2,1H3;7-8,10-11,17-18,20-21,27-28H,3-6,9H2,1-2H3/t19-,21+,22+,23-;17-,19+,20+,21-;16-,18+,20+,21-;17-,18+,20+,21-/m1111/s1. The van der Waals surface area contributed by atoms with Gasteiger partial charge in [0.05, 0.1) is 46.7 Å². The second-order valence-corrected chi connectivity index (χ2v) is 35.3. The number of benzene rings is 3. The Kier molecular flexibility index (Phi) is 23.8. The van der Waals surface area contributed by atoms with Crippen LogP contribution in [0, 0.1) is 40.4 Å². The number of nitrogens with one attached hydrogen (secondary N) is 3. The number of ether oxygens (including phenoxy) is 4. The lowest BCUT2D eigenvalue weighted by Gasteiger charge is -2.28. The van der Waals surface area contributed by atoms with Gasteiger partial charge >= 0.3 is 0 Å². The molecule has 3 aliphatic heterocycles. The fourth-order valence-electron chi connectivity index (χ4n) is 19.2. The van der Waals surface area contributed by atoms with Crippen LogP contribution < -0.4 is 34.9 Å². The minimum atomic E-state index is -1.09. The van der Waals surface area contributed by atoms with Gasteiger partial charge in [-0.1, -0.05) is 33.6 Å². The first-order valence-electron chi connectivity index (χ1n) is 41.7. The van der Waals surface area contributed by atoms with E-state index in [4.69, 9.17) is 30.5 Å². The van der Waals surface area contributed by atoms with Crippen molar-refractivity contribution in [1.82, 2.24) is 64.1 Å². The van der Waals surface area contributed by atoms with E-state index in [2.05, 4.69) is 67.9 Å². The summed E-state index contributed by atoms with van der Waals surface area (Å²) in [5.41, 5.74) is 16.6. The zero-order valence-corrected chi connectivity index (χ0v) is 70.5. The number of aliphatic hydroxyl groups is 9. The lowest BCUT2D eigenvalue weighted by molar-refractivity contribution is -0.0168. The van der Waals surface area contributed by atoms with Gasteiger partial charge in [-0.3, -0.25) is 4.98 Å². The molecule has 0 amide bonds. The molecule has 4 saturated carbocycles. The maximum Gasteiger partial charge on any atom is 0.145 e. The van der Waals surface area contributed by atoms with Gasteiger partial charge in [-0.05, 0) is 218 Å². The van der Waals surface area contributed by atoms with E-state index in [0.717, 1.165) is 168 Å². The molecule has 0 saturated heterocycles. The van der Waals surface area contributed by atoms with E-state index >= 15 is 0 Å². The van der Waals surface area contributed by atoms with E-state index in [0.29, 0.717) is 68.8 Å². The summed E-state index contributed by atoms with van der Waals surface area (Å²) in [6, 6.07) is 22.0. The summed E-state index contributed by atoms with van der Waals surface area (Å²) in [7, 11) is 0. The monoisotopic (exact) mass is 1720 g/mol. The lowest BCUT2D eigenvalue weighted by atomic mass is 9.90. The lowest BCUT2D eigenvalue weighted by Crippen LogP contribution is -2.35. The summed E-state index contributed by atoms with van der Waals surface area (Å²) >= 11 is 9.66. The van der Waals surface area contributed by atoms with Crippen molar-refractivity contribution in [3.05, 3.63) is 222 Å². The molecule has 8 aliphatic rings. The first-order chi connectivity index (χ1) is 57.8. The number of hydrogen-bond acceptors (Lipinski definition) is 22. The van der Waals surface area contributed by atoms with E-state index in [-0.39, 0.29) is 29.2 Å². The van der Waals surface area contributed by atoms with Gasteiger partial charge in [-0.2, -0.15) is 0 Å². The normalized spacial score (nSPS) is 26.3. The first-order valence-corrected chi connectivity index (χ1v) is 42.9. The van der Waals surface area contributed by atoms with Gasteiger partial charge in [0, 0.05) is 149 Å². The molecule has 26 nitrogen and oxygen atoms in total. The van der Waals surface area contributed by atoms with E-state index in [1.165, 1.54) is 35.5 Å². The summed E-state index contributed by atoms with van der Waals surface area (Å²) in [5.74, 6) is 2.22. The number of nitrogens with zero attached hydrogens (tertiary/aromatic N) is 10. The molecule has 0 spiro atoms. The number of halogens is 3. The van der Waals surface area contributed by atoms with Crippen molar-refractivity contribution >= 4 is 71.7 Å². The highest BCUT2D eigenvalue weighted by molar-refractivity contribution is 9.10. The summed E-state index contributed by atoms with van der Waals surface area (Å²) in [5, 5.41) is 111. The predicted octanol–water partition coefficient (Wildman–Crippen LogP) is 10.5. The number of hydrogen-bond donors (Lipinski definition) is 12. The third kappa shape index (κ3) is 16.0. The molecule has 120 heavy (non-hydrogen) atoms. The number of rotatable bonds is 13. The van der Waals surface area contributed by atoms with Crippen LogP contribution in [0.15, 0.2) is 133 Å². The molecule has 5 aliphatic carbocycles. The Hall–Kier alpha value is -9.08. The van der Waals surface area contributed by atoms with Crippen LogP contribution in [-0.2, 0) is 57.3 Å². The van der Waals surface area contributed by atoms with Crippen molar-refractivity contribution in [3.63, 3.8) is 0 Å². The highest BCUT2D eigenvalue weighted by atomic mass is 79.9. The molecule has 12 N–H and O–H groups in total. The molecule has 0 unspecified atom stereocenters. The largest absolute Gasteiger partial charge is 0.487 e. The highest BCUT2D eigenvalue weighted by Gasteiger charge is 2.49. The number of fused-ring (bicyclic) bond motifs is 8. The second-order valence-electron chi connectivity index (χ2n) is 33.9. The number of aryl methyl sites for hydroxylation is 5. The SMILES string of the molecule is Cc1ccnc2c1ccn2[C@@H]1C[C@H](Oc2cc(Br)cc3c2CNCC3)[C@@H](O)[C@H]1O.Cc1ccnc2c1ccn2[C@@H]1C[C@H](Oc2cc(C(C)(C)O)cc3c2CNCC3)[C@@H](O)[C@H]1O.Cc1ccnc2c1ccn2[C@@H]1C[C@H](Oc2cc(Cl)c(F)c3c2CNCC3)[C@@H](O)[C@H]1O.Cc1ncc(O[C@H]2C[C@@H](n3ccc4c(C)ncnc43)[C@H](O)[C@@H]2O)c2c1CCCC2. The maximum absolute atomic E-state index is 14.4. The minimum absolute atomic E-state index is 0.00585. The molecule has 0 radical (unpaired) electrons. The molecule has 12 heterocycles. The highest BCUT2D eigenvalue weighted by Crippen LogP contribution is 2.45. The molecule has 632 valence electrons. The first kappa shape index (κ1) is 83.2. The zero-order valence-electron chi connectivity index (χ0n) is 68.1. The molecular weight excluding hydrogens is 1620 g/mol. The molecule has 16 atom stereocenters. The van der Waals surface area contributed by atoms with Crippen LogP contribution >= 0.6 is 27.5 Å². The van der Waals surface area contributed by atoms with Gasteiger partial charge < -0.3 is 99.1 Å². The molecule has 9 aromatic heterocycles. The van der Waals surface area contributed by atoms with Crippen molar-refractivity contribution in [1.29, 1.82) is 0 Å². The summed E-state index contributed by atoms with van der Waals surface area (Å²) in [6.07, 6.45) is 14.6. The van der Waals surface area contributed by atoms with E-state index < -0.39 is 84.7 Å². The van der Waals surface area contributed by atoms with Crippen molar-refractivity contribution in [2.75, 3.05) is 19.6 Å². The fourth-order valence-corrected chi connectivity index (χ4v) is 19.9. The van der Waals surface area contributed by atoms with Crippen LogP contribution in [0.4, 0.5) is 4.39 Å². The third-order valence-electron chi connectivity index (χ3n) is 26.0. The Balaban J connectivity index is 0.000000114. The van der Waals surface area contributed by atoms with Crippen LogP contribution in [-0.4, -0.2) is 187 Å². The Morgan fingerprint density at radius 2 is 0.825 bits per heavy atom. The summed E-state index contributed by atoms with van der Waals surface area (Å²) in [6.45, 7) is 18.0. The van der Waals surface area contributed by atoms with Gasteiger partial charge in [0.2, 0.25) is 0 Å². The average molecular weight is 1720 g/mol. The smallest absolute Gasteiger partial charge is 0.145 e. The maximum atomic E-state index is 14.4. The quantitative estimate of drug-likeness (QED) is 0.0510. The van der Waals surface area contributed by atoms with Gasteiger partial charge in [0.15, 0.2) is 0 Å². The van der Waals surface area contributed by atoms with Crippen LogP contribution in [0.25, 0.3) is 44.1 Å². The Labute approximate surface area is 707 Å². The Bertz CT molecular complexity index is 5800. The molecule has 12 aromatic rings. The topological polar surface area (TPSA) is 352 Å². The number of aliphatic hydroxyl groups excluding tert-OH is 8. The number of pyridine rings is 4. The van der Waals surface area contributed by atoms with E-state index in [9.17, 15) is 50.3 Å². The predicted molar refractivity (Wildman–Crippen MR) is 455 cm³/mol. The Morgan fingerprint density at radius 1 is 0.425 bits per heavy atom. The third-order valence-corrected chi connectivity index (χ3v) is 26.7. The molecule has 3 aromatic carbocycles.